The number of carbonyl (C=O) groups is 3. The van der Waals surface area contributed by atoms with Crippen LogP contribution in [0.25, 0.3) is 0 Å². The van der Waals surface area contributed by atoms with Crippen LogP contribution in [0.1, 0.15) is 29.4 Å². The summed E-state index contributed by atoms with van der Waals surface area (Å²) in [5.74, 6) is -1.91. The van der Waals surface area contributed by atoms with Crippen LogP contribution < -0.4 is 4.90 Å². The first-order valence-corrected chi connectivity index (χ1v) is 9.40. The molecule has 1 saturated heterocycles. The van der Waals surface area contributed by atoms with Gasteiger partial charge in [0.15, 0.2) is 0 Å². The van der Waals surface area contributed by atoms with Gasteiger partial charge in [0.2, 0.25) is 11.8 Å². The van der Waals surface area contributed by atoms with Crippen molar-refractivity contribution in [3.63, 3.8) is 0 Å². The van der Waals surface area contributed by atoms with Crippen LogP contribution in [0.15, 0.2) is 48.5 Å². The lowest BCUT2D eigenvalue weighted by atomic mass is 9.56. The molecule has 6 rings (SSSR count). The second kappa shape index (κ2) is 5.24. The van der Waals surface area contributed by atoms with Gasteiger partial charge in [-0.25, -0.2) is 0 Å². The predicted octanol–water partition coefficient (Wildman–Crippen LogP) is 3.25. The lowest BCUT2D eigenvalue weighted by Crippen LogP contribution is -2.44. The van der Waals surface area contributed by atoms with E-state index in [1.165, 1.54) is 4.90 Å². The molecule has 25 heavy (non-hydrogen) atoms. The van der Waals surface area contributed by atoms with Gasteiger partial charge in [0.1, 0.15) is 5.78 Å². The molecule has 1 saturated carbocycles. The molecule has 0 unspecified atom stereocenters. The summed E-state index contributed by atoms with van der Waals surface area (Å²) in [7, 11) is 0. The highest BCUT2D eigenvalue weighted by Crippen LogP contribution is 2.57. The third-order valence-electron chi connectivity index (χ3n) is 5.77. The van der Waals surface area contributed by atoms with E-state index in [9.17, 15) is 14.4 Å². The minimum atomic E-state index is -0.548. The standard InChI is InChI=1S/C20H14INO3/c21-10-5-7-11(8-6-10)22-19(24)17-14-9-15(23)16(18(17)20(22)25)13-4-2-1-3-12(13)14/h1-8,14,16-18H,9H2/t14-,16+,17+,18-/m0/s1. The quantitative estimate of drug-likeness (QED) is 0.503. The Morgan fingerprint density at radius 3 is 2.20 bits per heavy atom. The third-order valence-corrected chi connectivity index (χ3v) is 6.49. The number of fused-ring (bicyclic) bond motifs is 1. The van der Waals surface area contributed by atoms with Crippen LogP contribution in [0, 0.1) is 15.4 Å². The fourth-order valence-electron chi connectivity index (χ4n) is 4.80. The molecule has 0 radical (unpaired) electrons. The SMILES string of the molecule is O=C1C[C@H]2c3ccccc3[C@H]1[C@@H]1C(=O)N(c3ccc(I)cc3)C(=O)[C@@H]12. The number of hydrogen-bond donors (Lipinski definition) is 0. The molecule has 2 aromatic carbocycles. The van der Waals surface area contributed by atoms with Gasteiger partial charge >= 0.3 is 0 Å². The summed E-state index contributed by atoms with van der Waals surface area (Å²) < 4.78 is 1.04. The lowest BCUT2D eigenvalue weighted by Gasteiger charge is -2.43. The van der Waals surface area contributed by atoms with Gasteiger partial charge < -0.3 is 0 Å². The Morgan fingerprint density at radius 2 is 1.48 bits per heavy atom. The van der Waals surface area contributed by atoms with Gasteiger partial charge in [-0.3, -0.25) is 19.3 Å². The molecule has 4 atom stereocenters. The number of ketones is 1. The molecule has 2 bridgehead atoms. The number of anilines is 1. The van der Waals surface area contributed by atoms with Crippen molar-refractivity contribution in [3.8, 4) is 0 Å². The Bertz CT molecular complexity index is 936. The summed E-state index contributed by atoms with van der Waals surface area (Å²) in [6.45, 7) is 0. The number of nitrogens with zero attached hydrogens (tertiary/aromatic N) is 1. The third kappa shape index (κ3) is 1.96. The van der Waals surface area contributed by atoms with Crippen molar-refractivity contribution in [2.45, 2.75) is 18.3 Å². The number of rotatable bonds is 1. The summed E-state index contributed by atoms with van der Waals surface area (Å²) in [4.78, 5) is 40.2. The number of imide groups is 1. The van der Waals surface area contributed by atoms with E-state index in [1.54, 1.807) is 12.1 Å². The molecule has 1 heterocycles. The fraction of sp³-hybridized carbons (Fsp3) is 0.250. The number of hydrogen-bond acceptors (Lipinski definition) is 3. The Kier molecular flexibility index (Phi) is 3.20. The first-order chi connectivity index (χ1) is 12.1. The highest BCUT2D eigenvalue weighted by atomic mass is 127. The van der Waals surface area contributed by atoms with Gasteiger partial charge in [0, 0.05) is 15.9 Å². The minimum absolute atomic E-state index is 0.0931. The van der Waals surface area contributed by atoms with E-state index < -0.39 is 17.8 Å². The molecule has 0 spiro atoms. The highest BCUT2D eigenvalue weighted by molar-refractivity contribution is 14.1. The zero-order valence-corrected chi connectivity index (χ0v) is 15.3. The van der Waals surface area contributed by atoms with E-state index in [0.717, 1.165) is 14.7 Å². The molecule has 4 aliphatic rings. The molecule has 2 fully saturated rings. The largest absolute Gasteiger partial charge is 0.299 e. The van der Waals surface area contributed by atoms with Crippen LogP contribution >= 0.6 is 22.6 Å². The van der Waals surface area contributed by atoms with Crippen LogP contribution in [0.2, 0.25) is 0 Å². The molecule has 0 aromatic heterocycles. The molecule has 5 heteroatoms. The van der Waals surface area contributed by atoms with Crippen molar-refractivity contribution in [1.82, 2.24) is 0 Å². The zero-order chi connectivity index (χ0) is 17.3. The van der Waals surface area contributed by atoms with Gasteiger partial charge in [0.05, 0.1) is 23.4 Å². The van der Waals surface area contributed by atoms with Gasteiger partial charge in [0.25, 0.3) is 0 Å². The second-order valence-corrected chi connectivity index (χ2v) is 8.17. The average Bonchev–Trinajstić information content (AvgIpc) is 2.88. The second-order valence-electron chi connectivity index (χ2n) is 6.92. The van der Waals surface area contributed by atoms with Crippen LogP contribution in [0.4, 0.5) is 5.69 Å². The molecule has 4 nitrogen and oxygen atoms in total. The van der Waals surface area contributed by atoms with E-state index in [2.05, 4.69) is 22.6 Å². The first kappa shape index (κ1) is 15.3. The summed E-state index contributed by atoms with van der Waals surface area (Å²) in [6, 6.07) is 15.1. The van der Waals surface area contributed by atoms with Crippen molar-refractivity contribution in [1.29, 1.82) is 0 Å². The summed E-state index contributed by atoms with van der Waals surface area (Å²) >= 11 is 2.19. The minimum Gasteiger partial charge on any atom is -0.299 e. The number of halogens is 1. The van der Waals surface area contributed by atoms with E-state index in [-0.39, 0.29) is 23.5 Å². The Balaban J connectivity index is 1.65. The van der Waals surface area contributed by atoms with Crippen molar-refractivity contribution in [3.05, 3.63) is 63.2 Å². The Labute approximate surface area is 158 Å². The molecule has 124 valence electrons. The highest BCUT2D eigenvalue weighted by Gasteiger charge is 2.62. The monoisotopic (exact) mass is 443 g/mol. The lowest BCUT2D eigenvalue weighted by molar-refractivity contribution is -0.134. The van der Waals surface area contributed by atoms with E-state index in [1.807, 2.05) is 36.4 Å². The van der Waals surface area contributed by atoms with Gasteiger partial charge in [-0.05, 0) is 58.0 Å². The average molecular weight is 443 g/mol. The van der Waals surface area contributed by atoms with Crippen LogP contribution in [-0.4, -0.2) is 17.6 Å². The van der Waals surface area contributed by atoms with Gasteiger partial charge in [-0.15, -0.1) is 0 Å². The topological polar surface area (TPSA) is 54.5 Å². The number of Topliss-reactive ketones (excluding diaryl/α,β-unsaturated/α-hetero) is 1. The van der Waals surface area contributed by atoms with E-state index in [0.29, 0.717) is 12.1 Å². The predicted molar refractivity (Wildman–Crippen MR) is 100 cm³/mol. The van der Waals surface area contributed by atoms with Crippen molar-refractivity contribution < 1.29 is 14.4 Å². The van der Waals surface area contributed by atoms with Crippen molar-refractivity contribution in [2.24, 2.45) is 11.8 Å². The Morgan fingerprint density at radius 1 is 0.840 bits per heavy atom. The van der Waals surface area contributed by atoms with Gasteiger partial charge in [-0.1, -0.05) is 24.3 Å². The van der Waals surface area contributed by atoms with E-state index >= 15 is 0 Å². The molecular weight excluding hydrogens is 429 g/mol. The smallest absolute Gasteiger partial charge is 0.238 e. The van der Waals surface area contributed by atoms with E-state index in [4.69, 9.17) is 0 Å². The molecular formula is C20H14INO3. The molecule has 3 aliphatic carbocycles. The summed E-state index contributed by atoms with van der Waals surface area (Å²) in [5.41, 5.74) is 2.61. The normalized spacial score (nSPS) is 29.8. The number of carbonyl (C=O) groups excluding carboxylic acids is 3. The first-order valence-electron chi connectivity index (χ1n) is 8.33. The van der Waals surface area contributed by atoms with Crippen molar-refractivity contribution >= 4 is 45.9 Å². The number of amides is 2. The maximum Gasteiger partial charge on any atom is 0.238 e. The maximum atomic E-state index is 13.1. The number of benzene rings is 2. The zero-order valence-electron chi connectivity index (χ0n) is 13.2. The Hall–Kier alpha value is -2.02. The van der Waals surface area contributed by atoms with Crippen LogP contribution in [0.3, 0.4) is 0 Å². The van der Waals surface area contributed by atoms with Gasteiger partial charge in [-0.2, -0.15) is 0 Å². The summed E-state index contributed by atoms with van der Waals surface area (Å²) in [5, 5.41) is 0. The molecule has 2 amide bonds. The van der Waals surface area contributed by atoms with Crippen molar-refractivity contribution in [2.75, 3.05) is 4.90 Å². The maximum absolute atomic E-state index is 13.1. The molecule has 1 aliphatic heterocycles. The molecule has 2 aromatic rings. The summed E-state index contributed by atoms with van der Waals surface area (Å²) in [6.07, 6.45) is 0.363. The molecule has 0 N–H and O–H groups in total. The fourth-order valence-corrected chi connectivity index (χ4v) is 5.16. The van der Waals surface area contributed by atoms with Crippen LogP contribution in [0.5, 0.6) is 0 Å². The van der Waals surface area contributed by atoms with Crippen LogP contribution in [-0.2, 0) is 14.4 Å².